The maximum absolute atomic E-state index is 13.0. The van der Waals surface area contributed by atoms with Gasteiger partial charge in [0, 0.05) is 22.3 Å². The third-order valence-corrected chi connectivity index (χ3v) is 2.72. The number of hydrogen-bond donors (Lipinski definition) is 2. The molecule has 0 atom stereocenters. The fourth-order valence-corrected chi connectivity index (χ4v) is 1.84. The van der Waals surface area contributed by atoms with E-state index >= 15 is 0 Å². The minimum Gasteiger partial charge on any atom is -0.398 e. The van der Waals surface area contributed by atoms with Crippen LogP contribution in [0.2, 0.25) is 5.02 Å². The minimum atomic E-state index is -4.64. The molecule has 19 heavy (non-hydrogen) atoms. The fourth-order valence-electron chi connectivity index (χ4n) is 1.71. The van der Waals surface area contributed by atoms with Crippen molar-refractivity contribution in [2.45, 2.75) is 6.18 Å². The zero-order valence-corrected chi connectivity index (χ0v) is 10.3. The summed E-state index contributed by atoms with van der Waals surface area (Å²) in [7, 11) is 0. The molecular formula is C12H9ClF3N3. The maximum Gasteiger partial charge on any atom is 0.434 e. The van der Waals surface area contributed by atoms with Crippen molar-refractivity contribution < 1.29 is 13.2 Å². The number of aromatic nitrogens is 1. The Morgan fingerprint density at radius 1 is 1.05 bits per heavy atom. The summed E-state index contributed by atoms with van der Waals surface area (Å²) in [4.78, 5) is 3.34. The van der Waals surface area contributed by atoms with Gasteiger partial charge in [-0.15, -0.1) is 0 Å². The van der Waals surface area contributed by atoms with Gasteiger partial charge in [-0.25, -0.2) is 4.98 Å². The molecule has 0 radical (unpaired) electrons. The zero-order chi connectivity index (χ0) is 14.2. The van der Waals surface area contributed by atoms with Crippen molar-refractivity contribution in [3.8, 4) is 11.1 Å². The van der Waals surface area contributed by atoms with Gasteiger partial charge in [-0.3, -0.25) is 0 Å². The lowest BCUT2D eigenvalue weighted by molar-refractivity contribution is -0.140. The van der Waals surface area contributed by atoms with Crippen molar-refractivity contribution in [1.82, 2.24) is 4.98 Å². The first kappa shape index (κ1) is 13.5. The third-order valence-electron chi connectivity index (χ3n) is 2.47. The van der Waals surface area contributed by atoms with Gasteiger partial charge in [0.05, 0.1) is 0 Å². The lowest BCUT2D eigenvalue weighted by atomic mass is 10.0. The number of nitrogens with zero attached hydrogens (tertiary/aromatic N) is 1. The number of pyridine rings is 1. The van der Waals surface area contributed by atoms with E-state index in [4.69, 9.17) is 23.1 Å². The molecule has 0 amide bonds. The van der Waals surface area contributed by atoms with Gasteiger partial charge in [-0.05, 0) is 17.7 Å². The summed E-state index contributed by atoms with van der Waals surface area (Å²) in [6, 6.07) is 7.04. The Kier molecular flexibility index (Phi) is 3.28. The van der Waals surface area contributed by atoms with Gasteiger partial charge in [-0.2, -0.15) is 13.2 Å². The van der Waals surface area contributed by atoms with Crippen molar-refractivity contribution in [2.24, 2.45) is 0 Å². The summed E-state index contributed by atoms with van der Waals surface area (Å²) in [6.07, 6.45) is -4.64. The van der Waals surface area contributed by atoms with Gasteiger partial charge < -0.3 is 11.5 Å². The average molecular weight is 288 g/mol. The average Bonchev–Trinajstić information content (AvgIpc) is 2.28. The van der Waals surface area contributed by atoms with Crippen LogP contribution in [0.25, 0.3) is 11.1 Å². The molecule has 2 aromatic rings. The number of hydrogen-bond acceptors (Lipinski definition) is 3. The summed E-state index contributed by atoms with van der Waals surface area (Å²) >= 11 is 5.70. The molecule has 0 saturated heterocycles. The first-order chi connectivity index (χ1) is 8.79. The van der Waals surface area contributed by atoms with Crippen LogP contribution in [0.1, 0.15) is 5.69 Å². The molecule has 0 fully saturated rings. The summed E-state index contributed by atoms with van der Waals surface area (Å²) in [5.74, 6) is -0.275. The topological polar surface area (TPSA) is 64.9 Å². The van der Waals surface area contributed by atoms with Gasteiger partial charge in [0.15, 0.2) is 5.69 Å². The molecule has 2 rings (SSSR count). The van der Waals surface area contributed by atoms with Crippen LogP contribution >= 0.6 is 11.6 Å². The van der Waals surface area contributed by atoms with Crippen LogP contribution in [0, 0.1) is 0 Å². The highest BCUT2D eigenvalue weighted by Crippen LogP contribution is 2.39. The lowest BCUT2D eigenvalue weighted by Gasteiger charge is -2.15. The van der Waals surface area contributed by atoms with Gasteiger partial charge in [0.25, 0.3) is 0 Å². The number of alkyl halides is 3. The quantitative estimate of drug-likeness (QED) is 0.842. The summed E-state index contributed by atoms with van der Waals surface area (Å²) in [5.41, 5.74) is 9.85. The molecule has 0 saturated carbocycles. The van der Waals surface area contributed by atoms with Crippen molar-refractivity contribution in [3.63, 3.8) is 0 Å². The SMILES string of the molecule is Nc1cc(N)c(-c2ccc(Cl)cc2)c(C(F)(F)F)n1. The molecule has 0 aliphatic carbocycles. The molecule has 0 aliphatic rings. The standard InChI is InChI=1S/C12H9ClF3N3/c13-7-3-1-6(2-4-7)10-8(17)5-9(18)19-11(10)12(14,15)16/h1-5H,(H4,17,18,19). The second-order valence-corrected chi connectivity index (χ2v) is 4.30. The highest BCUT2D eigenvalue weighted by Gasteiger charge is 2.37. The predicted molar refractivity (Wildman–Crippen MR) is 68.5 cm³/mol. The summed E-state index contributed by atoms with van der Waals surface area (Å²) < 4.78 is 38.9. The van der Waals surface area contributed by atoms with E-state index in [2.05, 4.69) is 4.98 Å². The van der Waals surface area contributed by atoms with Crippen LogP contribution in [0.3, 0.4) is 0 Å². The van der Waals surface area contributed by atoms with Gasteiger partial charge in [0.1, 0.15) is 5.82 Å². The zero-order valence-electron chi connectivity index (χ0n) is 9.50. The molecule has 1 heterocycles. The number of halogens is 4. The molecule has 4 N–H and O–H groups in total. The number of nitrogens with two attached hydrogens (primary N) is 2. The summed E-state index contributed by atoms with van der Waals surface area (Å²) in [5, 5.41) is 0.416. The van der Waals surface area contributed by atoms with Crippen molar-refractivity contribution in [3.05, 3.63) is 41.0 Å². The smallest absolute Gasteiger partial charge is 0.398 e. The predicted octanol–water partition coefficient (Wildman–Crippen LogP) is 3.59. The lowest BCUT2D eigenvalue weighted by Crippen LogP contribution is -2.13. The van der Waals surface area contributed by atoms with E-state index in [0.29, 0.717) is 5.02 Å². The molecule has 1 aromatic heterocycles. The number of benzene rings is 1. The van der Waals surface area contributed by atoms with E-state index in [9.17, 15) is 13.2 Å². The third kappa shape index (κ3) is 2.73. The first-order valence-electron chi connectivity index (χ1n) is 5.18. The Hall–Kier alpha value is -1.95. The molecule has 0 bridgehead atoms. The molecule has 3 nitrogen and oxygen atoms in total. The molecule has 7 heteroatoms. The molecule has 0 aliphatic heterocycles. The van der Waals surface area contributed by atoms with Crippen molar-refractivity contribution in [1.29, 1.82) is 0 Å². The molecule has 0 unspecified atom stereocenters. The second-order valence-electron chi connectivity index (χ2n) is 3.86. The number of nitrogen functional groups attached to an aromatic ring is 2. The van der Waals surface area contributed by atoms with E-state index in [1.807, 2.05) is 0 Å². The molecule has 0 spiro atoms. The van der Waals surface area contributed by atoms with E-state index in [1.54, 1.807) is 0 Å². The Morgan fingerprint density at radius 2 is 1.63 bits per heavy atom. The summed E-state index contributed by atoms with van der Waals surface area (Å²) in [6.45, 7) is 0. The monoisotopic (exact) mass is 287 g/mol. The van der Waals surface area contributed by atoms with Gasteiger partial charge >= 0.3 is 6.18 Å². The molecule has 1 aromatic carbocycles. The number of anilines is 2. The Labute approximate surface area is 112 Å². The number of rotatable bonds is 1. The van der Waals surface area contributed by atoms with Crippen molar-refractivity contribution >= 4 is 23.1 Å². The molecule has 100 valence electrons. The van der Waals surface area contributed by atoms with Crippen molar-refractivity contribution in [2.75, 3.05) is 11.5 Å². The molecular weight excluding hydrogens is 279 g/mol. The van der Waals surface area contributed by atoms with Crippen LogP contribution in [-0.2, 0) is 6.18 Å². The first-order valence-corrected chi connectivity index (χ1v) is 5.56. The largest absolute Gasteiger partial charge is 0.434 e. The van der Waals surface area contributed by atoms with Crippen LogP contribution in [0.15, 0.2) is 30.3 Å². The van der Waals surface area contributed by atoms with Gasteiger partial charge in [0.2, 0.25) is 0 Å². The van der Waals surface area contributed by atoms with E-state index < -0.39 is 11.9 Å². The fraction of sp³-hybridized carbons (Fsp3) is 0.0833. The van der Waals surface area contributed by atoms with E-state index in [1.165, 1.54) is 30.3 Å². The highest BCUT2D eigenvalue weighted by molar-refractivity contribution is 6.30. The van der Waals surface area contributed by atoms with Gasteiger partial charge in [-0.1, -0.05) is 23.7 Å². The maximum atomic E-state index is 13.0. The van der Waals surface area contributed by atoms with Crippen LogP contribution < -0.4 is 11.5 Å². The van der Waals surface area contributed by atoms with E-state index in [0.717, 1.165) is 0 Å². The minimum absolute atomic E-state index is 0.0813. The second kappa shape index (κ2) is 4.62. The van der Waals surface area contributed by atoms with Crippen LogP contribution in [0.4, 0.5) is 24.7 Å². The van der Waals surface area contributed by atoms with Crippen LogP contribution in [-0.4, -0.2) is 4.98 Å². The van der Waals surface area contributed by atoms with E-state index in [-0.39, 0.29) is 22.6 Å². The van der Waals surface area contributed by atoms with Crippen LogP contribution in [0.5, 0.6) is 0 Å². The highest BCUT2D eigenvalue weighted by atomic mass is 35.5. The normalized spacial score (nSPS) is 11.6. The Balaban J connectivity index is 2.71. The Bertz CT molecular complexity index is 609. The Morgan fingerprint density at radius 3 is 2.16 bits per heavy atom.